The van der Waals surface area contributed by atoms with Gasteiger partial charge in [-0.2, -0.15) is 24.9 Å². The minimum atomic E-state index is -4.27. The van der Waals surface area contributed by atoms with Crippen molar-refractivity contribution < 1.29 is 13.2 Å². The van der Waals surface area contributed by atoms with Crippen LogP contribution in [0.5, 0.6) is 0 Å². The van der Waals surface area contributed by atoms with Gasteiger partial charge in [-0.15, -0.1) is 0 Å². The van der Waals surface area contributed by atoms with Crippen LogP contribution in [0, 0.1) is 0 Å². The third kappa shape index (κ3) is 4.39. The third-order valence-corrected chi connectivity index (χ3v) is 5.70. The number of thioether (sulfide) groups is 1. The second kappa shape index (κ2) is 7.05. The van der Waals surface area contributed by atoms with E-state index in [0.29, 0.717) is 6.54 Å². The van der Waals surface area contributed by atoms with Gasteiger partial charge < -0.3 is 5.32 Å². The van der Waals surface area contributed by atoms with Gasteiger partial charge in [0.1, 0.15) is 6.04 Å². The van der Waals surface area contributed by atoms with Crippen LogP contribution in [0.3, 0.4) is 0 Å². The molecule has 0 aromatic heterocycles. The van der Waals surface area contributed by atoms with Crippen LogP contribution in [0.2, 0.25) is 0 Å². The first-order valence-electron chi connectivity index (χ1n) is 7.37. The molecule has 1 unspecified atom stereocenters. The fourth-order valence-electron chi connectivity index (χ4n) is 3.01. The molecule has 0 saturated heterocycles. The molecular formula is C16H22F3NS. The number of halogens is 3. The molecule has 118 valence electrons. The van der Waals surface area contributed by atoms with Gasteiger partial charge in [0.05, 0.1) is 0 Å². The van der Waals surface area contributed by atoms with E-state index in [2.05, 4.69) is 5.32 Å². The van der Waals surface area contributed by atoms with Gasteiger partial charge in [0.2, 0.25) is 0 Å². The van der Waals surface area contributed by atoms with Crippen LogP contribution in [0.1, 0.15) is 43.7 Å². The first-order valence-corrected chi connectivity index (χ1v) is 8.59. The van der Waals surface area contributed by atoms with Crippen LogP contribution in [-0.4, -0.2) is 23.7 Å². The number of alkyl halides is 3. The van der Waals surface area contributed by atoms with Crippen molar-refractivity contribution >= 4 is 11.8 Å². The molecule has 0 amide bonds. The molecule has 1 N–H and O–H groups in total. The van der Waals surface area contributed by atoms with Crippen LogP contribution in [-0.2, 0) is 0 Å². The average Bonchev–Trinajstić information content (AvgIpc) is 2.48. The highest BCUT2D eigenvalue weighted by molar-refractivity contribution is 8.00. The Balaban J connectivity index is 2.09. The minimum Gasteiger partial charge on any atom is -0.301 e. The molecule has 21 heavy (non-hydrogen) atoms. The van der Waals surface area contributed by atoms with Gasteiger partial charge in [-0.05, 0) is 24.7 Å². The first-order chi connectivity index (χ1) is 9.97. The summed E-state index contributed by atoms with van der Waals surface area (Å²) < 4.78 is 39.9. The minimum absolute atomic E-state index is 0.0451. The molecule has 0 spiro atoms. The van der Waals surface area contributed by atoms with E-state index in [9.17, 15) is 13.2 Å². The summed E-state index contributed by atoms with van der Waals surface area (Å²) in [6.45, 7) is 0.410. The van der Waals surface area contributed by atoms with Crippen molar-refractivity contribution in [3.05, 3.63) is 35.9 Å². The largest absolute Gasteiger partial charge is 0.407 e. The van der Waals surface area contributed by atoms with E-state index in [1.807, 2.05) is 6.26 Å². The summed E-state index contributed by atoms with van der Waals surface area (Å²) in [6.07, 6.45) is 3.17. The number of rotatable bonds is 5. The highest BCUT2D eigenvalue weighted by Gasteiger charge is 2.42. The van der Waals surface area contributed by atoms with E-state index >= 15 is 0 Å². The molecule has 5 heteroatoms. The molecular weight excluding hydrogens is 295 g/mol. The topological polar surface area (TPSA) is 12.0 Å². The van der Waals surface area contributed by atoms with Crippen molar-refractivity contribution in [1.82, 2.24) is 5.32 Å². The Bertz CT molecular complexity index is 427. The van der Waals surface area contributed by atoms with Crippen LogP contribution in [0.25, 0.3) is 0 Å². The van der Waals surface area contributed by atoms with Crippen molar-refractivity contribution in [3.63, 3.8) is 0 Å². The van der Waals surface area contributed by atoms with E-state index in [4.69, 9.17) is 0 Å². The van der Waals surface area contributed by atoms with E-state index in [0.717, 1.165) is 25.7 Å². The number of hydrogen-bond acceptors (Lipinski definition) is 2. The van der Waals surface area contributed by atoms with Gasteiger partial charge >= 0.3 is 6.18 Å². The average molecular weight is 317 g/mol. The maximum Gasteiger partial charge on any atom is 0.407 e. The van der Waals surface area contributed by atoms with Gasteiger partial charge in [0, 0.05) is 11.3 Å². The smallest absolute Gasteiger partial charge is 0.301 e. The second-order valence-corrected chi connectivity index (χ2v) is 6.99. The van der Waals surface area contributed by atoms with Crippen LogP contribution < -0.4 is 5.32 Å². The summed E-state index contributed by atoms with van der Waals surface area (Å²) in [6, 6.07) is 6.54. The second-order valence-electron chi connectivity index (χ2n) is 5.71. The molecule has 2 rings (SSSR count). The Morgan fingerprint density at radius 1 is 1.14 bits per heavy atom. The van der Waals surface area contributed by atoms with Crippen LogP contribution >= 0.6 is 11.8 Å². The molecule has 0 aliphatic heterocycles. The van der Waals surface area contributed by atoms with Crippen molar-refractivity contribution in [1.29, 1.82) is 0 Å². The fourth-order valence-corrected chi connectivity index (χ4v) is 3.93. The molecule has 0 bridgehead atoms. The zero-order valence-corrected chi connectivity index (χ0v) is 13.1. The standard InChI is InChI=1S/C16H22F3NS/c1-21-15(10-6-3-7-11-15)12-20-14(16(17,18)19)13-8-4-2-5-9-13/h2,4-5,8-9,14,20H,3,6-7,10-12H2,1H3. The third-order valence-electron chi connectivity index (χ3n) is 4.29. The zero-order valence-electron chi connectivity index (χ0n) is 12.2. The SMILES string of the molecule is CSC1(CNC(c2ccccc2)C(F)(F)F)CCCCC1. The Kier molecular flexibility index (Phi) is 5.60. The van der Waals surface area contributed by atoms with E-state index < -0.39 is 12.2 Å². The molecule has 1 fully saturated rings. The van der Waals surface area contributed by atoms with Crippen LogP contribution in [0.4, 0.5) is 13.2 Å². The lowest BCUT2D eigenvalue weighted by molar-refractivity contribution is -0.158. The van der Waals surface area contributed by atoms with Crippen molar-refractivity contribution in [3.8, 4) is 0 Å². The molecule has 0 heterocycles. The Labute approximate surface area is 128 Å². The van der Waals surface area contributed by atoms with Crippen LogP contribution in [0.15, 0.2) is 30.3 Å². The van der Waals surface area contributed by atoms with Crippen molar-refractivity contribution in [2.24, 2.45) is 0 Å². The van der Waals surface area contributed by atoms with Crippen molar-refractivity contribution in [2.75, 3.05) is 12.8 Å². The molecule has 1 saturated carbocycles. The zero-order chi connectivity index (χ0) is 15.3. The summed E-state index contributed by atoms with van der Waals surface area (Å²) in [4.78, 5) is 0. The van der Waals surface area contributed by atoms with Gasteiger partial charge in [-0.3, -0.25) is 0 Å². The summed E-state index contributed by atoms with van der Waals surface area (Å²) >= 11 is 1.71. The summed E-state index contributed by atoms with van der Waals surface area (Å²) in [5.74, 6) is 0. The molecule has 1 nitrogen and oxygen atoms in total. The van der Waals surface area contributed by atoms with E-state index in [1.54, 1.807) is 30.0 Å². The lowest BCUT2D eigenvalue weighted by atomic mass is 9.88. The lowest BCUT2D eigenvalue weighted by Crippen LogP contribution is -2.44. The molecule has 1 aromatic rings. The summed E-state index contributed by atoms with van der Waals surface area (Å²) in [7, 11) is 0. The summed E-state index contributed by atoms with van der Waals surface area (Å²) in [5, 5.41) is 2.79. The van der Waals surface area contributed by atoms with Gasteiger partial charge in [-0.25, -0.2) is 0 Å². The molecule has 1 atom stereocenters. The van der Waals surface area contributed by atoms with Crippen molar-refractivity contribution in [2.45, 2.75) is 49.1 Å². The summed E-state index contributed by atoms with van der Waals surface area (Å²) in [5.41, 5.74) is 0.289. The quantitative estimate of drug-likeness (QED) is 0.825. The van der Waals surface area contributed by atoms with Gasteiger partial charge in [-0.1, -0.05) is 49.6 Å². The number of hydrogen-bond donors (Lipinski definition) is 1. The fraction of sp³-hybridized carbons (Fsp3) is 0.625. The molecule has 1 aromatic carbocycles. The highest BCUT2D eigenvalue weighted by atomic mass is 32.2. The molecule has 0 radical (unpaired) electrons. The maximum absolute atomic E-state index is 13.3. The number of nitrogens with one attached hydrogen (secondary N) is 1. The monoisotopic (exact) mass is 317 g/mol. The Morgan fingerprint density at radius 3 is 2.29 bits per heavy atom. The Hall–Kier alpha value is -0.680. The molecule has 1 aliphatic carbocycles. The predicted molar refractivity (Wildman–Crippen MR) is 82.6 cm³/mol. The maximum atomic E-state index is 13.3. The van der Waals surface area contributed by atoms with Gasteiger partial charge in [0.25, 0.3) is 0 Å². The predicted octanol–water partition coefficient (Wildman–Crippen LogP) is 4.95. The normalized spacial score (nSPS) is 20.2. The van der Waals surface area contributed by atoms with E-state index in [1.165, 1.54) is 18.6 Å². The lowest BCUT2D eigenvalue weighted by Gasteiger charge is -2.37. The Morgan fingerprint density at radius 2 is 1.76 bits per heavy atom. The number of benzene rings is 1. The highest BCUT2D eigenvalue weighted by Crippen LogP contribution is 2.40. The van der Waals surface area contributed by atoms with Gasteiger partial charge in [0.15, 0.2) is 0 Å². The van der Waals surface area contributed by atoms with E-state index in [-0.39, 0.29) is 10.3 Å². The molecule has 1 aliphatic rings. The first kappa shape index (κ1) is 16.7.